The third kappa shape index (κ3) is 2.55. The Morgan fingerprint density at radius 1 is 1.41 bits per heavy atom. The molecule has 0 spiro atoms. The van der Waals surface area contributed by atoms with Crippen molar-refractivity contribution in [2.24, 2.45) is 0 Å². The first-order valence-corrected chi connectivity index (χ1v) is 6.29. The van der Waals surface area contributed by atoms with Gasteiger partial charge in [-0.15, -0.1) is 0 Å². The molecule has 1 aliphatic carbocycles. The van der Waals surface area contributed by atoms with Crippen LogP contribution in [0, 0.1) is 0 Å². The normalized spacial score (nSPS) is 16.1. The number of anilines is 1. The summed E-state index contributed by atoms with van der Waals surface area (Å²) in [5.74, 6) is 0.0280. The molecule has 1 aromatic carbocycles. The lowest BCUT2D eigenvalue weighted by molar-refractivity contribution is 0.0735. The number of hydrogen-bond acceptors (Lipinski definition) is 2. The molecule has 0 atom stereocenters. The Morgan fingerprint density at radius 2 is 2.06 bits per heavy atom. The minimum absolute atomic E-state index is 0.0280. The van der Waals surface area contributed by atoms with Crippen molar-refractivity contribution in [3.05, 3.63) is 28.8 Å². The van der Waals surface area contributed by atoms with Gasteiger partial charge in [0.25, 0.3) is 5.91 Å². The maximum absolute atomic E-state index is 12.2. The predicted molar refractivity (Wildman–Crippen MR) is 70.2 cm³/mol. The SMILES string of the molecule is CN(C(=O)c1ccc(Cl)c(N)c1)C1CCCC1. The van der Waals surface area contributed by atoms with Crippen molar-refractivity contribution in [1.82, 2.24) is 4.90 Å². The van der Waals surface area contributed by atoms with Gasteiger partial charge in [-0.25, -0.2) is 0 Å². The molecule has 0 aromatic heterocycles. The van der Waals surface area contributed by atoms with Crippen LogP contribution in [0.4, 0.5) is 5.69 Å². The zero-order chi connectivity index (χ0) is 12.4. The monoisotopic (exact) mass is 252 g/mol. The molecule has 1 amide bonds. The van der Waals surface area contributed by atoms with Crippen molar-refractivity contribution in [2.45, 2.75) is 31.7 Å². The summed E-state index contributed by atoms with van der Waals surface area (Å²) in [7, 11) is 1.86. The Labute approximate surface area is 107 Å². The fourth-order valence-electron chi connectivity index (χ4n) is 2.34. The molecule has 0 unspecified atom stereocenters. The summed E-state index contributed by atoms with van der Waals surface area (Å²) < 4.78 is 0. The quantitative estimate of drug-likeness (QED) is 0.823. The maximum atomic E-state index is 12.2. The summed E-state index contributed by atoms with van der Waals surface area (Å²) in [6.07, 6.45) is 4.63. The smallest absolute Gasteiger partial charge is 0.253 e. The largest absolute Gasteiger partial charge is 0.398 e. The van der Waals surface area contributed by atoms with Gasteiger partial charge < -0.3 is 10.6 Å². The van der Waals surface area contributed by atoms with E-state index < -0.39 is 0 Å². The molecule has 0 aliphatic heterocycles. The molecule has 92 valence electrons. The molecular weight excluding hydrogens is 236 g/mol. The van der Waals surface area contributed by atoms with E-state index >= 15 is 0 Å². The summed E-state index contributed by atoms with van der Waals surface area (Å²) in [5.41, 5.74) is 6.78. The summed E-state index contributed by atoms with van der Waals surface area (Å²) in [6.45, 7) is 0. The summed E-state index contributed by atoms with van der Waals surface area (Å²) in [5, 5.41) is 0.491. The van der Waals surface area contributed by atoms with Crippen LogP contribution in [0.15, 0.2) is 18.2 Å². The van der Waals surface area contributed by atoms with E-state index in [1.54, 1.807) is 18.2 Å². The predicted octanol–water partition coefficient (Wildman–Crippen LogP) is 2.94. The van der Waals surface area contributed by atoms with E-state index in [1.807, 2.05) is 11.9 Å². The Balaban J connectivity index is 2.15. The van der Waals surface area contributed by atoms with Gasteiger partial charge in [-0.3, -0.25) is 4.79 Å². The maximum Gasteiger partial charge on any atom is 0.253 e. The topological polar surface area (TPSA) is 46.3 Å². The highest BCUT2D eigenvalue weighted by Crippen LogP contribution is 2.25. The molecule has 4 heteroatoms. The second kappa shape index (κ2) is 4.96. The first kappa shape index (κ1) is 12.2. The Kier molecular flexibility index (Phi) is 3.57. The molecule has 3 nitrogen and oxygen atoms in total. The van der Waals surface area contributed by atoms with Crippen molar-refractivity contribution >= 4 is 23.2 Å². The van der Waals surface area contributed by atoms with Crippen molar-refractivity contribution in [3.63, 3.8) is 0 Å². The third-order valence-corrected chi connectivity index (χ3v) is 3.78. The van der Waals surface area contributed by atoms with Crippen LogP contribution in [0.3, 0.4) is 0 Å². The minimum Gasteiger partial charge on any atom is -0.398 e. The van der Waals surface area contributed by atoms with Crippen LogP contribution in [0.2, 0.25) is 5.02 Å². The number of hydrogen-bond donors (Lipinski definition) is 1. The van der Waals surface area contributed by atoms with E-state index in [2.05, 4.69) is 0 Å². The van der Waals surface area contributed by atoms with E-state index in [1.165, 1.54) is 12.8 Å². The molecule has 2 N–H and O–H groups in total. The Hall–Kier alpha value is -1.22. The number of rotatable bonds is 2. The average molecular weight is 253 g/mol. The Bertz CT molecular complexity index is 427. The summed E-state index contributed by atoms with van der Waals surface area (Å²) in [4.78, 5) is 14.1. The van der Waals surface area contributed by atoms with Gasteiger partial charge in [-0.2, -0.15) is 0 Å². The number of carbonyl (C=O) groups excluding carboxylic acids is 1. The van der Waals surface area contributed by atoms with Crippen LogP contribution in [-0.4, -0.2) is 23.9 Å². The van der Waals surface area contributed by atoms with Crippen molar-refractivity contribution in [1.29, 1.82) is 0 Å². The summed E-state index contributed by atoms with van der Waals surface area (Å²) >= 11 is 5.84. The highest BCUT2D eigenvalue weighted by molar-refractivity contribution is 6.33. The van der Waals surface area contributed by atoms with Gasteiger partial charge in [0, 0.05) is 18.7 Å². The second-order valence-electron chi connectivity index (χ2n) is 4.59. The number of nitrogens with zero attached hydrogens (tertiary/aromatic N) is 1. The Morgan fingerprint density at radius 3 is 2.65 bits per heavy atom. The number of nitrogens with two attached hydrogens (primary N) is 1. The molecule has 1 saturated carbocycles. The van der Waals surface area contributed by atoms with Gasteiger partial charge in [0.15, 0.2) is 0 Å². The van der Waals surface area contributed by atoms with E-state index in [0.717, 1.165) is 12.8 Å². The van der Waals surface area contributed by atoms with Crippen LogP contribution in [0.1, 0.15) is 36.0 Å². The fraction of sp³-hybridized carbons (Fsp3) is 0.462. The molecule has 0 saturated heterocycles. The van der Waals surface area contributed by atoms with Crippen molar-refractivity contribution in [3.8, 4) is 0 Å². The van der Waals surface area contributed by atoms with Crippen LogP contribution in [0.25, 0.3) is 0 Å². The number of amides is 1. The van der Waals surface area contributed by atoms with Gasteiger partial charge in [0.1, 0.15) is 0 Å². The molecule has 1 fully saturated rings. The van der Waals surface area contributed by atoms with Crippen LogP contribution >= 0.6 is 11.6 Å². The van der Waals surface area contributed by atoms with E-state index in [9.17, 15) is 4.79 Å². The van der Waals surface area contributed by atoms with Gasteiger partial charge in [-0.05, 0) is 31.0 Å². The fourth-order valence-corrected chi connectivity index (χ4v) is 2.46. The lowest BCUT2D eigenvalue weighted by atomic mass is 10.1. The average Bonchev–Trinajstić information content (AvgIpc) is 2.84. The zero-order valence-corrected chi connectivity index (χ0v) is 10.7. The van der Waals surface area contributed by atoms with Crippen molar-refractivity contribution < 1.29 is 4.79 Å². The first-order chi connectivity index (χ1) is 8.09. The highest BCUT2D eigenvalue weighted by Gasteiger charge is 2.24. The molecule has 0 radical (unpaired) electrons. The molecule has 1 aromatic rings. The first-order valence-electron chi connectivity index (χ1n) is 5.92. The lowest BCUT2D eigenvalue weighted by Crippen LogP contribution is -2.35. The molecule has 2 rings (SSSR count). The van der Waals surface area contributed by atoms with Gasteiger partial charge >= 0.3 is 0 Å². The molecular formula is C13H17ClN2O. The molecule has 1 aliphatic rings. The van der Waals surface area contributed by atoms with E-state index in [-0.39, 0.29) is 5.91 Å². The number of nitrogen functional groups attached to an aromatic ring is 1. The zero-order valence-electron chi connectivity index (χ0n) is 9.95. The van der Waals surface area contributed by atoms with Crippen LogP contribution in [-0.2, 0) is 0 Å². The molecule has 0 bridgehead atoms. The third-order valence-electron chi connectivity index (χ3n) is 3.44. The molecule has 17 heavy (non-hydrogen) atoms. The van der Waals surface area contributed by atoms with Gasteiger partial charge in [0.2, 0.25) is 0 Å². The number of benzene rings is 1. The second-order valence-corrected chi connectivity index (χ2v) is 5.00. The van der Waals surface area contributed by atoms with Gasteiger partial charge in [-0.1, -0.05) is 24.4 Å². The van der Waals surface area contributed by atoms with Crippen molar-refractivity contribution in [2.75, 3.05) is 12.8 Å². The van der Waals surface area contributed by atoms with E-state index in [4.69, 9.17) is 17.3 Å². The summed E-state index contributed by atoms with van der Waals surface area (Å²) in [6, 6.07) is 5.43. The number of halogens is 1. The highest BCUT2D eigenvalue weighted by atomic mass is 35.5. The lowest BCUT2D eigenvalue weighted by Gasteiger charge is -2.24. The van der Waals surface area contributed by atoms with Gasteiger partial charge in [0.05, 0.1) is 10.7 Å². The van der Waals surface area contributed by atoms with Crippen LogP contribution < -0.4 is 5.73 Å². The standard InChI is InChI=1S/C13H17ClN2O/c1-16(10-4-2-3-5-10)13(17)9-6-7-11(14)12(15)8-9/h6-8,10H,2-5,15H2,1H3. The minimum atomic E-state index is 0.0280. The molecule has 0 heterocycles. The van der Waals surface area contributed by atoms with Crippen LogP contribution in [0.5, 0.6) is 0 Å². The van der Waals surface area contributed by atoms with E-state index in [0.29, 0.717) is 22.3 Å². The number of carbonyl (C=O) groups is 1.